The van der Waals surface area contributed by atoms with Crippen LogP contribution in [0.1, 0.15) is 52.7 Å². The van der Waals surface area contributed by atoms with Gasteiger partial charge in [-0.2, -0.15) is 0 Å². The molecule has 5 nitrogen and oxygen atoms in total. The Kier molecular flexibility index (Phi) is 8.66. The van der Waals surface area contributed by atoms with Gasteiger partial charge in [0, 0.05) is 14.2 Å². The summed E-state index contributed by atoms with van der Waals surface area (Å²) in [5.74, 6) is 1.59. The molecule has 0 saturated carbocycles. The molecule has 6 heteroatoms. The van der Waals surface area contributed by atoms with Crippen LogP contribution in [0, 0.1) is 0 Å². The zero-order valence-electron chi connectivity index (χ0n) is 22.5. The van der Waals surface area contributed by atoms with E-state index in [1.165, 1.54) is 11.1 Å². The summed E-state index contributed by atoms with van der Waals surface area (Å²) in [5, 5.41) is 0. The van der Waals surface area contributed by atoms with Crippen LogP contribution in [0.5, 0.6) is 11.5 Å². The molecule has 0 bridgehead atoms. The molecule has 0 saturated heterocycles. The molecule has 0 radical (unpaired) electrons. The standard InChI is InChI=1S/C27H43NO4Si/c1-26(2,3)20-12-14-24(31-18-29-7)22(16-20)28(33(9,10)11)23-17-21(27(4,5)6)13-15-25(23)32-19-30-8/h12-17H,18-19H2,1-11H3. The second-order valence-corrected chi connectivity index (χ2v) is 16.3. The topological polar surface area (TPSA) is 40.2 Å². The van der Waals surface area contributed by atoms with Crippen LogP contribution in [0.3, 0.4) is 0 Å². The molecule has 0 unspecified atom stereocenters. The van der Waals surface area contributed by atoms with Crippen molar-refractivity contribution in [3.8, 4) is 11.5 Å². The van der Waals surface area contributed by atoms with Gasteiger partial charge in [-0.3, -0.25) is 0 Å². The minimum atomic E-state index is -1.98. The predicted octanol–water partition coefficient (Wildman–Crippen LogP) is 7.22. The molecule has 184 valence electrons. The highest BCUT2D eigenvalue weighted by Crippen LogP contribution is 2.45. The van der Waals surface area contributed by atoms with Crippen LogP contribution in [-0.4, -0.2) is 36.0 Å². The van der Waals surface area contributed by atoms with Crippen LogP contribution in [0.4, 0.5) is 11.4 Å². The first-order valence-corrected chi connectivity index (χ1v) is 15.0. The third-order valence-electron chi connectivity index (χ3n) is 5.47. The van der Waals surface area contributed by atoms with Crippen molar-refractivity contribution in [2.45, 2.75) is 72.0 Å². The number of hydrogen-bond acceptors (Lipinski definition) is 5. The van der Waals surface area contributed by atoms with E-state index in [-0.39, 0.29) is 24.4 Å². The molecule has 33 heavy (non-hydrogen) atoms. The molecule has 0 spiro atoms. The van der Waals surface area contributed by atoms with E-state index in [1.54, 1.807) is 14.2 Å². The molecule has 0 amide bonds. The summed E-state index contributed by atoms with van der Waals surface area (Å²) in [6.45, 7) is 20.8. The van der Waals surface area contributed by atoms with Crippen molar-refractivity contribution in [2.75, 3.05) is 32.4 Å². The Balaban J connectivity index is 2.85. The number of methoxy groups -OCH3 is 2. The number of rotatable bonds is 9. The molecule has 2 rings (SSSR count). The van der Waals surface area contributed by atoms with Gasteiger partial charge >= 0.3 is 0 Å². The quantitative estimate of drug-likeness (QED) is 0.284. The van der Waals surface area contributed by atoms with E-state index < -0.39 is 8.24 Å². The maximum absolute atomic E-state index is 6.06. The molecule has 0 aliphatic heterocycles. The number of anilines is 2. The lowest BCUT2D eigenvalue weighted by Gasteiger charge is -2.39. The first kappa shape index (κ1) is 27.2. The smallest absolute Gasteiger partial charge is 0.188 e. The monoisotopic (exact) mass is 473 g/mol. The maximum atomic E-state index is 6.06. The normalized spacial score (nSPS) is 12.6. The van der Waals surface area contributed by atoms with E-state index in [1.807, 2.05) is 0 Å². The summed E-state index contributed by atoms with van der Waals surface area (Å²) in [4.78, 5) is 0. The summed E-state index contributed by atoms with van der Waals surface area (Å²) < 4.78 is 25.0. The molecule has 2 aromatic rings. The summed E-state index contributed by atoms with van der Waals surface area (Å²) in [5.41, 5.74) is 4.57. The Labute approximate surface area is 202 Å². The summed E-state index contributed by atoms with van der Waals surface area (Å²) >= 11 is 0. The lowest BCUT2D eigenvalue weighted by Crippen LogP contribution is -2.43. The second kappa shape index (κ2) is 10.5. The molecular weight excluding hydrogens is 430 g/mol. The third-order valence-corrected chi connectivity index (χ3v) is 7.29. The average Bonchev–Trinajstić information content (AvgIpc) is 2.69. The fraction of sp³-hybridized carbons (Fsp3) is 0.556. The molecular formula is C27H43NO4Si. The first-order valence-electron chi connectivity index (χ1n) is 11.5. The van der Waals surface area contributed by atoms with Crippen LogP contribution in [-0.2, 0) is 20.3 Å². The van der Waals surface area contributed by atoms with E-state index >= 15 is 0 Å². The zero-order chi connectivity index (χ0) is 25.0. The van der Waals surface area contributed by atoms with Crippen LogP contribution < -0.4 is 14.0 Å². The Morgan fingerprint density at radius 3 is 1.30 bits per heavy atom. The third kappa shape index (κ3) is 6.98. The van der Waals surface area contributed by atoms with Gasteiger partial charge < -0.3 is 23.5 Å². The van der Waals surface area contributed by atoms with Gasteiger partial charge in [0.05, 0.1) is 11.4 Å². The molecule has 0 aromatic heterocycles. The Hall–Kier alpha value is -2.02. The molecule has 2 aromatic carbocycles. The van der Waals surface area contributed by atoms with Gasteiger partial charge in [-0.15, -0.1) is 0 Å². The lowest BCUT2D eigenvalue weighted by molar-refractivity contribution is 0.0511. The van der Waals surface area contributed by atoms with E-state index in [9.17, 15) is 0 Å². The number of hydrogen-bond donors (Lipinski definition) is 0. The molecule has 0 atom stereocenters. The highest BCUT2D eigenvalue weighted by atomic mass is 28.3. The molecule has 0 aliphatic rings. The van der Waals surface area contributed by atoms with Crippen LogP contribution >= 0.6 is 0 Å². The van der Waals surface area contributed by atoms with E-state index in [2.05, 4.69) is 102 Å². The maximum Gasteiger partial charge on any atom is 0.188 e. The van der Waals surface area contributed by atoms with Crippen molar-refractivity contribution in [1.82, 2.24) is 0 Å². The lowest BCUT2D eigenvalue weighted by atomic mass is 9.86. The highest BCUT2D eigenvalue weighted by Gasteiger charge is 2.32. The average molecular weight is 474 g/mol. The number of nitrogens with zero attached hydrogens (tertiary/aromatic N) is 1. The molecule has 0 heterocycles. The van der Waals surface area contributed by atoms with Crippen LogP contribution in [0.2, 0.25) is 19.6 Å². The molecule has 0 aliphatic carbocycles. The van der Waals surface area contributed by atoms with Gasteiger partial charge in [0.1, 0.15) is 11.5 Å². The van der Waals surface area contributed by atoms with Gasteiger partial charge in [-0.25, -0.2) is 0 Å². The van der Waals surface area contributed by atoms with Crippen molar-refractivity contribution >= 4 is 19.6 Å². The van der Waals surface area contributed by atoms with Crippen molar-refractivity contribution in [2.24, 2.45) is 0 Å². The first-order chi connectivity index (χ1) is 15.2. The van der Waals surface area contributed by atoms with E-state index in [0.29, 0.717) is 0 Å². The SMILES string of the molecule is COCOc1ccc(C(C)(C)C)cc1N(c1cc(C(C)(C)C)ccc1OCOC)[Si](C)(C)C. The van der Waals surface area contributed by atoms with Crippen molar-refractivity contribution in [1.29, 1.82) is 0 Å². The van der Waals surface area contributed by atoms with Gasteiger partial charge in [0.25, 0.3) is 0 Å². The number of benzene rings is 2. The highest BCUT2D eigenvalue weighted by molar-refractivity contribution is 6.81. The molecule has 0 N–H and O–H groups in total. The fourth-order valence-electron chi connectivity index (χ4n) is 3.66. The van der Waals surface area contributed by atoms with Gasteiger partial charge in [0.2, 0.25) is 0 Å². The summed E-state index contributed by atoms with van der Waals surface area (Å²) in [6.07, 6.45) is 0. The van der Waals surface area contributed by atoms with Gasteiger partial charge in [-0.05, 0) is 46.2 Å². The summed E-state index contributed by atoms with van der Waals surface area (Å²) in [6, 6.07) is 12.9. The predicted molar refractivity (Wildman–Crippen MR) is 141 cm³/mol. The van der Waals surface area contributed by atoms with Crippen molar-refractivity contribution < 1.29 is 18.9 Å². The number of ether oxygens (including phenoxy) is 4. The minimum Gasteiger partial charge on any atom is -0.465 e. The Bertz CT molecular complexity index is 854. The molecule has 0 fully saturated rings. The van der Waals surface area contributed by atoms with Gasteiger partial charge in [0.15, 0.2) is 21.8 Å². The van der Waals surface area contributed by atoms with Crippen LogP contribution in [0.15, 0.2) is 36.4 Å². The van der Waals surface area contributed by atoms with Crippen molar-refractivity contribution in [3.63, 3.8) is 0 Å². The minimum absolute atomic E-state index is 0.00227. The van der Waals surface area contributed by atoms with Crippen molar-refractivity contribution in [3.05, 3.63) is 47.5 Å². The fourth-order valence-corrected chi connectivity index (χ4v) is 5.45. The zero-order valence-corrected chi connectivity index (χ0v) is 23.5. The Morgan fingerprint density at radius 1 is 0.667 bits per heavy atom. The Morgan fingerprint density at radius 2 is 1.03 bits per heavy atom. The summed E-state index contributed by atoms with van der Waals surface area (Å²) in [7, 11) is 1.30. The second-order valence-electron chi connectivity index (χ2n) is 11.5. The van der Waals surface area contributed by atoms with Gasteiger partial charge in [-0.1, -0.05) is 73.3 Å². The van der Waals surface area contributed by atoms with E-state index in [4.69, 9.17) is 18.9 Å². The largest absolute Gasteiger partial charge is 0.465 e. The van der Waals surface area contributed by atoms with Crippen LogP contribution in [0.25, 0.3) is 0 Å². The van der Waals surface area contributed by atoms with E-state index in [0.717, 1.165) is 22.9 Å².